The number of carbonyl (C=O) groups is 1. The fourth-order valence-electron chi connectivity index (χ4n) is 1.54. The molecule has 0 aliphatic rings. The maximum absolute atomic E-state index is 11.6. The molecule has 0 fully saturated rings. The summed E-state index contributed by atoms with van der Waals surface area (Å²) in [5, 5.41) is 4.07. The Kier molecular flexibility index (Phi) is 3.79. The lowest BCUT2D eigenvalue weighted by atomic mass is 10.3. The van der Waals surface area contributed by atoms with Crippen molar-refractivity contribution in [3.05, 3.63) is 40.9 Å². The highest BCUT2D eigenvalue weighted by molar-refractivity contribution is 5.69. The van der Waals surface area contributed by atoms with E-state index in [0.717, 1.165) is 4.68 Å². The summed E-state index contributed by atoms with van der Waals surface area (Å²) in [6, 6.07) is 6.34. The lowest BCUT2D eigenvalue weighted by Crippen LogP contribution is -2.28. The van der Waals surface area contributed by atoms with Gasteiger partial charge >= 0.3 is 5.97 Å². The van der Waals surface area contributed by atoms with Crippen LogP contribution in [0.1, 0.15) is 13.8 Å². The third kappa shape index (κ3) is 3.31. The van der Waals surface area contributed by atoms with Crippen LogP contribution in [0.3, 0.4) is 0 Å². The molecule has 2 heterocycles. The topological polar surface area (TPSA) is 74.3 Å². The van der Waals surface area contributed by atoms with Gasteiger partial charge in [-0.05, 0) is 32.0 Å². The SMILES string of the molecule is CC(C)OC(=O)Cn1nc(-c2ccco2)ccc1=O. The Morgan fingerprint density at radius 3 is 2.84 bits per heavy atom. The first-order valence-corrected chi connectivity index (χ1v) is 5.88. The highest BCUT2D eigenvalue weighted by Gasteiger charge is 2.11. The van der Waals surface area contributed by atoms with Crippen molar-refractivity contribution in [1.29, 1.82) is 0 Å². The van der Waals surface area contributed by atoms with Gasteiger partial charge in [0.25, 0.3) is 5.56 Å². The van der Waals surface area contributed by atoms with Gasteiger partial charge in [-0.15, -0.1) is 0 Å². The molecule has 0 aliphatic carbocycles. The molecule has 0 saturated carbocycles. The van der Waals surface area contributed by atoms with E-state index >= 15 is 0 Å². The van der Waals surface area contributed by atoms with Crippen molar-refractivity contribution in [3.63, 3.8) is 0 Å². The third-order valence-electron chi connectivity index (χ3n) is 2.29. The molecule has 19 heavy (non-hydrogen) atoms. The highest BCUT2D eigenvalue weighted by Crippen LogP contribution is 2.14. The predicted octanol–water partition coefficient (Wildman–Crippen LogP) is 1.45. The lowest BCUT2D eigenvalue weighted by molar-refractivity contribution is -0.148. The van der Waals surface area contributed by atoms with Crippen molar-refractivity contribution in [3.8, 4) is 11.5 Å². The van der Waals surface area contributed by atoms with Crippen molar-refractivity contribution in [2.45, 2.75) is 26.5 Å². The van der Waals surface area contributed by atoms with Gasteiger partial charge in [0.1, 0.15) is 12.2 Å². The maximum Gasteiger partial charge on any atom is 0.328 e. The zero-order valence-corrected chi connectivity index (χ0v) is 10.7. The summed E-state index contributed by atoms with van der Waals surface area (Å²) in [6.45, 7) is 3.27. The van der Waals surface area contributed by atoms with Gasteiger partial charge in [-0.1, -0.05) is 0 Å². The molecule has 0 unspecified atom stereocenters. The molecule has 2 rings (SSSR count). The number of ether oxygens (including phenoxy) is 1. The molecule has 6 nitrogen and oxygen atoms in total. The Morgan fingerprint density at radius 2 is 2.21 bits per heavy atom. The zero-order valence-electron chi connectivity index (χ0n) is 10.7. The van der Waals surface area contributed by atoms with Gasteiger partial charge in [-0.25, -0.2) is 4.68 Å². The van der Waals surface area contributed by atoms with Crippen molar-refractivity contribution in [2.75, 3.05) is 0 Å². The van der Waals surface area contributed by atoms with E-state index in [1.807, 2.05) is 0 Å². The fourth-order valence-corrected chi connectivity index (χ4v) is 1.54. The molecule has 6 heteroatoms. The van der Waals surface area contributed by atoms with Gasteiger partial charge in [-0.2, -0.15) is 5.10 Å². The predicted molar refractivity (Wildman–Crippen MR) is 67.4 cm³/mol. The number of aromatic nitrogens is 2. The van der Waals surface area contributed by atoms with E-state index in [1.54, 1.807) is 32.0 Å². The largest absolute Gasteiger partial charge is 0.463 e. The second-order valence-corrected chi connectivity index (χ2v) is 4.23. The number of hydrogen-bond donors (Lipinski definition) is 0. The quantitative estimate of drug-likeness (QED) is 0.780. The van der Waals surface area contributed by atoms with Crippen LogP contribution in [-0.4, -0.2) is 21.9 Å². The molecular formula is C13H14N2O4. The Bertz CT molecular complexity index is 614. The minimum Gasteiger partial charge on any atom is -0.463 e. The van der Waals surface area contributed by atoms with Crippen LogP contribution in [-0.2, 0) is 16.1 Å². The van der Waals surface area contributed by atoms with Crippen LogP contribution < -0.4 is 5.56 Å². The number of rotatable bonds is 4. The summed E-state index contributed by atoms with van der Waals surface area (Å²) >= 11 is 0. The normalized spacial score (nSPS) is 10.7. The standard InChI is InChI=1S/C13H14N2O4/c1-9(2)19-13(17)8-15-12(16)6-5-10(14-15)11-4-3-7-18-11/h3-7,9H,8H2,1-2H3. The summed E-state index contributed by atoms with van der Waals surface area (Å²) in [5.74, 6) is 0.0344. The van der Waals surface area contributed by atoms with Crippen LogP contribution in [0, 0.1) is 0 Å². The highest BCUT2D eigenvalue weighted by atomic mass is 16.5. The molecule has 2 aromatic heterocycles. The van der Waals surface area contributed by atoms with Gasteiger partial charge in [0.2, 0.25) is 0 Å². The molecule has 0 aliphatic heterocycles. The van der Waals surface area contributed by atoms with E-state index in [4.69, 9.17) is 9.15 Å². The van der Waals surface area contributed by atoms with Crippen molar-refractivity contribution in [2.24, 2.45) is 0 Å². The number of hydrogen-bond acceptors (Lipinski definition) is 5. The minimum absolute atomic E-state index is 0.217. The van der Waals surface area contributed by atoms with E-state index < -0.39 is 5.97 Å². The van der Waals surface area contributed by atoms with Gasteiger partial charge in [0.05, 0.1) is 12.4 Å². The molecule has 0 saturated heterocycles. The first-order valence-electron chi connectivity index (χ1n) is 5.88. The minimum atomic E-state index is -0.499. The number of carbonyl (C=O) groups excluding carboxylic acids is 1. The average Bonchev–Trinajstić information content (AvgIpc) is 2.84. The molecule has 2 aromatic rings. The number of esters is 1. The Balaban J connectivity index is 2.23. The summed E-state index contributed by atoms with van der Waals surface area (Å²) < 4.78 is 11.2. The third-order valence-corrected chi connectivity index (χ3v) is 2.29. The Morgan fingerprint density at radius 1 is 1.42 bits per heavy atom. The molecule has 0 bridgehead atoms. The molecule has 0 aromatic carbocycles. The number of nitrogens with zero attached hydrogens (tertiary/aromatic N) is 2. The van der Waals surface area contributed by atoms with E-state index in [9.17, 15) is 9.59 Å². The van der Waals surface area contributed by atoms with E-state index in [1.165, 1.54) is 12.3 Å². The maximum atomic E-state index is 11.6. The molecule has 0 amide bonds. The fraction of sp³-hybridized carbons (Fsp3) is 0.308. The number of furan rings is 1. The van der Waals surface area contributed by atoms with Crippen LogP contribution in [0.25, 0.3) is 11.5 Å². The summed E-state index contributed by atoms with van der Waals surface area (Å²) in [7, 11) is 0. The molecule has 0 radical (unpaired) electrons. The van der Waals surface area contributed by atoms with Crippen LogP contribution >= 0.6 is 0 Å². The van der Waals surface area contributed by atoms with Crippen LogP contribution in [0.15, 0.2) is 39.7 Å². The van der Waals surface area contributed by atoms with Crippen molar-refractivity contribution in [1.82, 2.24) is 9.78 Å². The average molecular weight is 262 g/mol. The van der Waals surface area contributed by atoms with Crippen LogP contribution in [0.4, 0.5) is 0 Å². The van der Waals surface area contributed by atoms with Gasteiger partial charge in [-0.3, -0.25) is 9.59 Å². The lowest BCUT2D eigenvalue weighted by Gasteiger charge is -2.09. The van der Waals surface area contributed by atoms with E-state index in [2.05, 4.69) is 5.10 Å². The molecule has 0 spiro atoms. The smallest absolute Gasteiger partial charge is 0.328 e. The molecular weight excluding hydrogens is 248 g/mol. The van der Waals surface area contributed by atoms with Crippen LogP contribution in [0.2, 0.25) is 0 Å². The monoisotopic (exact) mass is 262 g/mol. The summed E-state index contributed by atoms with van der Waals surface area (Å²) in [5.41, 5.74) is 0.123. The molecule has 0 N–H and O–H groups in total. The summed E-state index contributed by atoms with van der Waals surface area (Å²) in [4.78, 5) is 23.2. The molecule has 100 valence electrons. The van der Waals surface area contributed by atoms with Gasteiger partial charge in [0, 0.05) is 6.07 Å². The van der Waals surface area contributed by atoms with E-state index in [-0.39, 0.29) is 18.2 Å². The van der Waals surface area contributed by atoms with Crippen molar-refractivity contribution >= 4 is 5.97 Å². The first kappa shape index (κ1) is 13.1. The molecule has 0 atom stereocenters. The van der Waals surface area contributed by atoms with Crippen LogP contribution in [0.5, 0.6) is 0 Å². The second kappa shape index (κ2) is 5.51. The first-order chi connectivity index (χ1) is 9.06. The Hall–Kier alpha value is -2.37. The van der Waals surface area contributed by atoms with Gasteiger partial charge in [0.15, 0.2) is 5.76 Å². The zero-order chi connectivity index (χ0) is 13.8. The van der Waals surface area contributed by atoms with E-state index in [0.29, 0.717) is 11.5 Å². The van der Waals surface area contributed by atoms with Gasteiger partial charge < -0.3 is 9.15 Å². The second-order valence-electron chi connectivity index (χ2n) is 4.23. The summed E-state index contributed by atoms with van der Waals surface area (Å²) in [6.07, 6.45) is 1.29. The van der Waals surface area contributed by atoms with Crippen molar-refractivity contribution < 1.29 is 13.9 Å². The Labute approximate surface area is 109 Å².